The minimum Gasteiger partial charge on any atom is -0.310 e. The van der Waals surface area contributed by atoms with Crippen molar-refractivity contribution in [2.75, 3.05) is 26.2 Å². The maximum atomic E-state index is 4.60. The lowest BCUT2D eigenvalue weighted by Gasteiger charge is -2.19. The topological polar surface area (TPSA) is 33.1 Å². The number of nitrogens with zero attached hydrogens (tertiary/aromatic N) is 3. The fourth-order valence-electron chi connectivity index (χ4n) is 2.61. The highest BCUT2D eigenvalue weighted by atomic mass is 15.3. The summed E-state index contributed by atoms with van der Waals surface area (Å²) in [4.78, 5) is 2.48. The van der Waals surface area contributed by atoms with Crippen LogP contribution in [-0.4, -0.2) is 40.9 Å². The Morgan fingerprint density at radius 3 is 2.75 bits per heavy atom. The van der Waals surface area contributed by atoms with Crippen LogP contribution in [0.15, 0.2) is 24.3 Å². The van der Waals surface area contributed by atoms with Gasteiger partial charge in [-0.05, 0) is 25.6 Å². The van der Waals surface area contributed by atoms with Crippen LogP contribution in [0.3, 0.4) is 0 Å². The number of benzene rings is 1. The minimum absolute atomic E-state index is 0.838. The molecule has 0 radical (unpaired) electrons. The van der Waals surface area contributed by atoms with Gasteiger partial charge in [-0.25, -0.2) is 0 Å². The van der Waals surface area contributed by atoms with Crippen LogP contribution in [0.2, 0.25) is 0 Å². The Balaban J connectivity index is 1.87. The monoisotopic (exact) mass is 274 g/mol. The molecule has 0 unspecified atom stereocenters. The van der Waals surface area contributed by atoms with Crippen molar-refractivity contribution in [2.45, 2.75) is 26.8 Å². The van der Waals surface area contributed by atoms with E-state index in [1.807, 2.05) is 11.7 Å². The van der Waals surface area contributed by atoms with E-state index in [9.17, 15) is 0 Å². The number of aryl methyl sites for hydroxylation is 1. The maximum absolute atomic E-state index is 4.60. The third kappa shape index (κ3) is 3.58. The molecule has 0 aliphatic heterocycles. The molecule has 0 fully saturated rings. The first-order valence-electron chi connectivity index (χ1n) is 7.60. The molecule has 0 amide bonds. The molecule has 4 heteroatoms. The number of rotatable bonds is 8. The van der Waals surface area contributed by atoms with E-state index in [-0.39, 0.29) is 0 Å². The summed E-state index contributed by atoms with van der Waals surface area (Å²) < 4.78 is 1.96. The molecular formula is C16H26N4. The lowest BCUT2D eigenvalue weighted by atomic mass is 10.2. The van der Waals surface area contributed by atoms with E-state index in [1.165, 1.54) is 23.9 Å². The Kier molecular flexibility index (Phi) is 5.56. The predicted octanol–water partition coefficient (Wildman–Crippen LogP) is 2.39. The molecule has 4 nitrogen and oxygen atoms in total. The number of nitrogens with one attached hydrogen (secondary N) is 1. The average molecular weight is 274 g/mol. The van der Waals surface area contributed by atoms with Gasteiger partial charge in [0.25, 0.3) is 0 Å². The number of aromatic nitrogens is 2. The van der Waals surface area contributed by atoms with Gasteiger partial charge in [0.15, 0.2) is 0 Å². The molecule has 1 N–H and O–H groups in total. The van der Waals surface area contributed by atoms with Crippen LogP contribution in [-0.2, 0) is 13.6 Å². The Labute approximate surface area is 121 Å². The van der Waals surface area contributed by atoms with Crippen LogP contribution in [0, 0.1) is 0 Å². The van der Waals surface area contributed by atoms with Crippen molar-refractivity contribution >= 4 is 10.9 Å². The minimum atomic E-state index is 0.838. The van der Waals surface area contributed by atoms with E-state index in [2.05, 4.69) is 53.4 Å². The maximum Gasteiger partial charge on any atom is 0.0841 e. The van der Waals surface area contributed by atoms with Crippen molar-refractivity contribution in [2.24, 2.45) is 7.05 Å². The highest BCUT2D eigenvalue weighted by molar-refractivity contribution is 5.81. The van der Waals surface area contributed by atoms with Gasteiger partial charge in [0.2, 0.25) is 0 Å². The van der Waals surface area contributed by atoms with Gasteiger partial charge in [-0.1, -0.05) is 32.0 Å². The van der Waals surface area contributed by atoms with Crippen LogP contribution in [0.1, 0.15) is 26.0 Å². The van der Waals surface area contributed by atoms with E-state index >= 15 is 0 Å². The summed E-state index contributed by atoms with van der Waals surface area (Å²) in [7, 11) is 2.01. The van der Waals surface area contributed by atoms with Crippen molar-refractivity contribution in [3.63, 3.8) is 0 Å². The molecule has 0 saturated carbocycles. The third-order valence-electron chi connectivity index (χ3n) is 3.72. The summed E-state index contributed by atoms with van der Waals surface area (Å²) >= 11 is 0. The Morgan fingerprint density at radius 1 is 1.20 bits per heavy atom. The van der Waals surface area contributed by atoms with E-state index in [1.54, 1.807) is 0 Å². The molecule has 0 atom stereocenters. The second-order valence-corrected chi connectivity index (χ2v) is 5.20. The van der Waals surface area contributed by atoms with Gasteiger partial charge in [0.05, 0.1) is 11.2 Å². The molecule has 20 heavy (non-hydrogen) atoms. The summed E-state index contributed by atoms with van der Waals surface area (Å²) in [6.07, 6.45) is 1.22. The van der Waals surface area contributed by atoms with Crippen molar-refractivity contribution < 1.29 is 0 Å². The fourth-order valence-corrected chi connectivity index (χ4v) is 2.61. The predicted molar refractivity (Wildman–Crippen MR) is 84.8 cm³/mol. The summed E-state index contributed by atoms with van der Waals surface area (Å²) in [6, 6.07) is 8.40. The van der Waals surface area contributed by atoms with Gasteiger partial charge in [-0.3, -0.25) is 4.68 Å². The third-order valence-corrected chi connectivity index (χ3v) is 3.72. The Hall–Kier alpha value is -1.39. The standard InChI is InChI=1S/C16H26N4/c1-4-11-20(5-2)12-10-17-13-15-14-8-6-7-9-16(14)19(3)18-15/h6-9,17H,4-5,10-13H2,1-3H3. The normalized spacial score (nSPS) is 11.6. The number of hydrogen-bond acceptors (Lipinski definition) is 3. The van der Waals surface area contributed by atoms with Crippen molar-refractivity contribution in [1.82, 2.24) is 20.0 Å². The molecule has 1 aromatic heterocycles. The Morgan fingerprint density at radius 2 is 2.00 bits per heavy atom. The van der Waals surface area contributed by atoms with E-state index < -0.39 is 0 Å². The fraction of sp³-hybridized carbons (Fsp3) is 0.562. The number of hydrogen-bond donors (Lipinski definition) is 1. The second-order valence-electron chi connectivity index (χ2n) is 5.20. The zero-order valence-corrected chi connectivity index (χ0v) is 12.9. The summed E-state index contributed by atoms with van der Waals surface area (Å²) in [5.74, 6) is 0. The molecule has 110 valence electrons. The second kappa shape index (κ2) is 7.41. The van der Waals surface area contributed by atoms with Gasteiger partial charge >= 0.3 is 0 Å². The average Bonchev–Trinajstić information content (AvgIpc) is 2.79. The highest BCUT2D eigenvalue weighted by Gasteiger charge is 2.07. The summed E-state index contributed by atoms with van der Waals surface area (Å²) in [5.41, 5.74) is 2.34. The molecule has 1 heterocycles. The lowest BCUT2D eigenvalue weighted by molar-refractivity contribution is 0.287. The first kappa shape index (κ1) is 15.0. The number of fused-ring (bicyclic) bond motifs is 1. The van der Waals surface area contributed by atoms with Crippen molar-refractivity contribution in [3.8, 4) is 0 Å². The van der Waals surface area contributed by atoms with Gasteiger partial charge < -0.3 is 10.2 Å². The van der Waals surface area contributed by atoms with Crippen LogP contribution in [0.25, 0.3) is 10.9 Å². The van der Waals surface area contributed by atoms with Crippen LogP contribution in [0.5, 0.6) is 0 Å². The molecular weight excluding hydrogens is 248 g/mol. The highest BCUT2D eigenvalue weighted by Crippen LogP contribution is 2.16. The Bertz CT molecular complexity index is 532. The first-order chi connectivity index (χ1) is 9.76. The smallest absolute Gasteiger partial charge is 0.0841 e. The SMILES string of the molecule is CCCN(CC)CCNCc1nn(C)c2ccccc12. The molecule has 0 saturated heterocycles. The molecule has 0 spiro atoms. The number of likely N-dealkylation sites (N-methyl/N-ethyl adjacent to an activating group) is 1. The summed E-state index contributed by atoms with van der Waals surface area (Å²) in [6.45, 7) is 9.73. The van der Waals surface area contributed by atoms with Gasteiger partial charge in [0, 0.05) is 32.1 Å². The van der Waals surface area contributed by atoms with Gasteiger partial charge in [-0.15, -0.1) is 0 Å². The molecule has 0 aliphatic carbocycles. The van der Waals surface area contributed by atoms with Crippen LogP contribution >= 0.6 is 0 Å². The lowest BCUT2D eigenvalue weighted by Crippen LogP contribution is -2.32. The zero-order chi connectivity index (χ0) is 14.4. The van der Waals surface area contributed by atoms with Crippen LogP contribution < -0.4 is 5.32 Å². The van der Waals surface area contributed by atoms with Crippen molar-refractivity contribution in [3.05, 3.63) is 30.0 Å². The molecule has 2 rings (SSSR count). The van der Waals surface area contributed by atoms with Crippen molar-refractivity contribution in [1.29, 1.82) is 0 Å². The van der Waals surface area contributed by atoms with E-state index in [0.717, 1.165) is 31.9 Å². The van der Waals surface area contributed by atoms with Gasteiger partial charge in [-0.2, -0.15) is 5.10 Å². The van der Waals surface area contributed by atoms with E-state index in [4.69, 9.17) is 0 Å². The summed E-state index contributed by atoms with van der Waals surface area (Å²) in [5, 5.41) is 9.37. The quantitative estimate of drug-likeness (QED) is 0.750. The van der Waals surface area contributed by atoms with Gasteiger partial charge in [0.1, 0.15) is 0 Å². The zero-order valence-electron chi connectivity index (χ0n) is 12.9. The molecule has 0 bridgehead atoms. The largest absolute Gasteiger partial charge is 0.310 e. The molecule has 0 aliphatic rings. The van der Waals surface area contributed by atoms with E-state index in [0.29, 0.717) is 0 Å². The first-order valence-corrected chi connectivity index (χ1v) is 7.60. The molecule has 2 aromatic rings. The number of para-hydroxylation sites is 1. The molecule has 1 aromatic carbocycles. The van der Waals surface area contributed by atoms with Crippen LogP contribution in [0.4, 0.5) is 0 Å².